The fourth-order valence-electron chi connectivity index (χ4n) is 2.01. The molecule has 1 aromatic heterocycles. The standard InChI is InChI=1S/C11H18N4O2/c1-7-10(13-6-14-11(7)17-3)15-8-4-12-5-9(8)16-2/h6,8-9,12H,4-5H2,1-3H3,(H,13,14,15)/t8?,9-/m0/s1. The monoisotopic (exact) mass is 238 g/mol. The van der Waals surface area contributed by atoms with E-state index >= 15 is 0 Å². The lowest BCUT2D eigenvalue weighted by atomic mass is 10.2. The van der Waals surface area contributed by atoms with Crippen molar-refractivity contribution < 1.29 is 9.47 Å². The number of anilines is 1. The summed E-state index contributed by atoms with van der Waals surface area (Å²) in [7, 11) is 3.33. The molecular formula is C11H18N4O2. The summed E-state index contributed by atoms with van der Waals surface area (Å²) < 4.78 is 10.6. The quantitative estimate of drug-likeness (QED) is 0.780. The van der Waals surface area contributed by atoms with E-state index in [0.29, 0.717) is 5.88 Å². The van der Waals surface area contributed by atoms with E-state index in [-0.39, 0.29) is 12.1 Å². The molecule has 0 bridgehead atoms. The summed E-state index contributed by atoms with van der Waals surface area (Å²) >= 11 is 0. The molecule has 1 aromatic rings. The van der Waals surface area contributed by atoms with Gasteiger partial charge in [-0.2, -0.15) is 0 Å². The molecule has 2 atom stereocenters. The third-order valence-electron chi connectivity index (χ3n) is 3.01. The Bertz CT molecular complexity index is 386. The predicted octanol–water partition coefficient (Wildman–Crippen LogP) is 0.192. The molecule has 0 aromatic carbocycles. The molecule has 1 aliphatic rings. The van der Waals surface area contributed by atoms with E-state index in [1.807, 2.05) is 6.92 Å². The second kappa shape index (κ2) is 5.29. The van der Waals surface area contributed by atoms with Gasteiger partial charge in [0.25, 0.3) is 0 Å². The van der Waals surface area contributed by atoms with Crippen LogP contribution in [-0.4, -0.2) is 49.4 Å². The van der Waals surface area contributed by atoms with Crippen molar-refractivity contribution in [1.29, 1.82) is 0 Å². The van der Waals surface area contributed by atoms with E-state index in [2.05, 4.69) is 20.6 Å². The van der Waals surface area contributed by atoms with E-state index in [1.165, 1.54) is 6.33 Å². The van der Waals surface area contributed by atoms with Crippen LogP contribution in [0.25, 0.3) is 0 Å². The summed E-state index contributed by atoms with van der Waals surface area (Å²) in [6.07, 6.45) is 1.66. The number of methoxy groups -OCH3 is 2. The van der Waals surface area contributed by atoms with Gasteiger partial charge in [-0.15, -0.1) is 0 Å². The van der Waals surface area contributed by atoms with Crippen molar-refractivity contribution in [2.45, 2.75) is 19.1 Å². The van der Waals surface area contributed by atoms with Crippen LogP contribution in [0.5, 0.6) is 5.88 Å². The van der Waals surface area contributed by atoms with E-state index < -0.39 is 0 Å². The molecule has 2 heterocycles. The van der Waals surface area contributed by atoms with Crippen molar-refractivity contribution in [3.05, 3.63) is 11.9 Å². The van der Waals surface area contributed by atoms with Crippen molar-refractivity contribution in [3.63, 3.8) is 0 Å². The summed E-state index contributed by atoms with van der Waals surface area (Å²) in [6, 6.07) is 0.221. The van der Waals surface area contributed by atoms with Crippen LogP contribution in [0.4, 0.5) is 5.82 Å². The van der Waals surface area contributed by atoms with Crippen molar-refractivity contribution in [2.24, 2.45) is 0 Å². The van der Waals surface area contributed by atoms with Gasteiger partial charge in [-0.05, 0) is 6.92 Å². The zero-order valence-corrected chi connectivity index (χ0v) is 10.4. The maximum Gasteiger partial charge on any atom is 0.221 e. The van der Waals surface area contributed by atoms with E-state index in [1.54, 1.807) is 14.2 Å². The van der Waals surface area contributed by atoms with Crippen molar-refractivity contribution in [3.8, 4) is 5.88 Å². The highest BCUT2D eigenvalue weighted by Crippen LogP contribution is 2.21. The summed E-state index contributed by atoms with van der Waals surface area (Å²) in [5.41, 5.74) is 0.914. The maximum absolute atomic E-state index is 5.39. The van der Waals surface area contributed by atoms with Crippen LogP contribution in [0.15, 0.2) is 6.33 Å². The third-order valence-corrected chi connectivity index (χ3v) is 3.01. The van der Waals surface area contributed by atoms with Gasteiger partial charge in [0.15, 0.2) is 0 Å². The van der Waals surface area contributed by atoms with Gasteiger partial charge in [-0.25, -0.2) is 9.97 Å². The molecule has 0 saturated carbocycles. The molecule has 0 radical (unpaired) electrons. The van der Waals surface area contributed by atoms with Gasteiger partial charge < -0.3 is 20.1 Å². The fourth-order valence-corrected chi connectivity index (χ4v) is 2.01. The molecule has 2 N–H and O–H groups in total. The highest BCUT2D eigenvalue weighted by atomic mass is 16.5. The second-order valence-electron chi connectivity index (χ2n) is 4.04. The second-order valence-corrected chi connectivity index (χ2v) is 4.04. The molecule has 1 saturated heterocycles. The van der Waals surface area contributed by atoms with Crippen LogP contribution in [0.3, 0.4) is 0 Å². The Kier molecular flexibility index (Phi) is 3.75. The zero-order valence-electron chi connectivity index (χ0n) is 10.4. The van der Waals surface area contributed by atoms with Crippen LogP contribution in [0.1, 0.15) is 5.56 Å². The van der Waals surface area contributed by atoms with Crippen molar-refractivity contribution in [1.82, 2.24) is 15.3 Å². The SMILES string of the molecule is COc1ncnc(NC2CNC[C@@H]2OC)c1C. The Morgan fingerprint density at radius 1 is 1.35 bits per heavy atom. The Labute approximate surface area is 101 Å². The van der Waals surface area contributed by atoms with Crippen LogP contribution < -0.4 is 15.4 Å². The van der Waals surface area contributed by atoms with Crippen molar-refractivity contribution in [2.75, 3.05) is 32.6 Å². The number of ether oxygens (including phenoxy) is 2. The molecule has 94 valence electrons. The van der Waals surface area contributed by atoms with Crippen LogP contribution in [-0.2, 0) is 4.74 Å². The minimum atomic E-state index is 0.162. The maximum atomic E-state index is 5.39. The van der Waals surface area contributed by atoms with E-state index in [4.69, 9.17) is 9.47 Å². The highest BCUT2D eigenvalue weighted by molar-refractivity contribution is 5.48. The lowest BCUT2D eigenvalue weighted by Crippen LogP contribution is -2.34. The van der Waals surface area contributed by atoms with Crippen LogP contribution >= 0.6 is 0 Å². The number of hydrogen-bond donors (Lipinski definition) is 2. The molecular weight excluding hydrogens is 220 g/mol. The fraction of sp³-hybridized carbons (Fsp3) is 0.636. The average Bonchev–Trinajstić information content (AvgIpc) is 2.79. The van der Waals surface area contributed by atoms with E-state index in [0.717, 1.165) is 24.5 Å². The smallest absolute Gasteiger partial charge is 0.221 e. The first kappa shape index (κ1) is 12.1. The predicted molar refractivity (Wildman–Crippen MR) is 64.4 cm³/mol. The summed E-state index contributed by atoms with van der Waals surface area (Å²) in [4.78, 5) is 8.28. The molecule has 1 unspecified atom stereocenters. The Morgan fingerprint density at radius 3 is 2.88 bits per heavy atom. The summed E-state index contributed by atoms with van der Waals surface area (Å²) in [6.45, 7) is 3.66. The average molecular weight is 238 g/mol. The number of nitrogens with one attached hydrogen (secondary N) is 2. The Balaban J connectivity index is 2.13. The number of hydrogen-bond acceptors (Lipinski definition) is 6. The van der Waals surface area contributed by atoms with Gasteiger partial charge in [0.05, 0.1) is 24.8 Å². The Hall–Kier alpha value is -1.40. The molecule has 6 nitrogen and oxygen atoms in total. The minimum absolute atomic E-state index is 0.162. The number of nitrogens with zero attached hydrogens (tertiary/aromatic N) is 2. The van der Waals surface area contributed by atoms with E-state index in [9.17, 15) is 0 Å². The van der Waals surface area contributed by atoms with Gasteiger partial charge in [0.1, 0.15) is 12.1 Å². The van der Waals surface area contributed by atoms with Crippen molar-refractivity contribution >= 4 is 5.82 Å². The first-order valence-corrected chi connectivity index (χ1v) is 5.62. The molecule has 0 amide bonds. The lowest BCUT2D eigenvalue weighted by molar-refractivity contribution is 0.111. The highest BCUT2D eigenvalue weighted by Gasteiger charge is 2.27. The third kappa shape index (κ3) is 2.48. The normalized spacial score (nSPS) is 23.7. The van der Waals surface area contributed by atoms with Gasteiger partial charge in [-0.3, -0.25) is 0 Å². The van der Waals surface area contributed by atoms with Crippen LogP contribution in [0.2, 0.25) is 0 Å². The lowest BCUT2D eigenvalue weighted by Gasteiger charge is -2.20. The molecule has 1 fully saturated rings. The van der Waals surface area contributed by atoms with Gasteiger partial charge in [0, 0.05) is 20.2 Å². The zero-order chi connectivity index (χ0) is 12.3. The first-order chi connectivity index (χ1) is 8.26. The van der Waals surface area contributed by atoms with Crippen LogP contribution in [0, 0.1) is 6.92 Å². The Morgan fingerprint density at radius 2 is 2.18 bits per heavy atom. The molecule has 0 spiro atoms. The molecule has 2 rings (SSSR count). The number of aromatic nitrogens is 2. The summed E-state index contributed by atoms with van der Waals surface area (Å²) in [5, 5.41) is 6.65. The summed E-state index contributed by atoms with van der Waals surface area (Å²) in [5.74, 6) is 1.40. The molecule has 17 heavy (non-hydrogen) atoms. The van der Waals surface area contributed by atoms with Gasteiger partial charge >= 0.3 is 0 Å². The largest absolute Gasteiger partial charge is 0.481 e. The molecule has 1 aliphatic heterocycles. The first-order valence-electron chi connectivity index (χ1n) is 5.62. The van der Waals surface area contributed by atoms with Gasteiger partial charge in [-0.1, -0.05) is 0 Å². The minimum Gasteiger partial charge on any atom is -0.481 e. The van der Waals surface area contributed by atoms with Gasteiger partial charge in [0.2, 0.25) is 5.88 Å². The topological polar surface area (TPSA) is 68.3 Å². The molecule has 0 aliphatic carbocycles. The molecule has 6 heteroatoms. The number of rotatable bonds is 4.